The minimum Gasteiger partial charge on any atom is -0.319 e. The predicted molar refractivity (Wildman–Crippen MR) is 93.2 cm³/mol. The van der Waals surface area contributed by atoms with E-state index in [9.17, 15) is 18.4 Å². The molecule has 2 aromatic carbocycles. The average molecular weight is 358 g/mol. The molecule has 1 heterocycles. The van der Waals surface area contributed by atoms with Gasteiger partial charge in [-0.3, -0.25) is 9.69 Å². The first-order valence-corrected chi connectivity index (χ1v) is 8.53. The van der Waals surface area contributed by atoms with Crippen LogP contribution in [0, 0.1) is 11.6 Å². The molecule has 1 unspecified atom stereocenters. The summed E-state index contributed by atoms with van der Waals surface area (Å²) in [6, 6.07) is 10.6. The van der Waals surface area contributed by atoms with Crippen molar-refractivity contribution in [3.63, 3.8) is 0 Å². The summed E-state index contributed by atoms with van der Waals surface area (Å²) in [6.45, 7) is 3.38. The minimum atomic E-state index is -1.23. The fraction of sp³-hybridized carbons (Fsp3) is 0.300. The molecular formula is C20H20F2N2O2. The second-order valence-corrected chi connectivity index (χ2v) is 6.61. The Bertz CT molecular complexity index is 851. The lowest BCUT2D eigenvalue weighted by atomic mass is 9.91. The van der Waals surface area contributed by atoms with Gasteiger partial charge in [0.25, 0.3) is 5.91 Å². The lowest BCUT2D eigenvalue weighted by molar-refractivity contribution is -0.131. The number of carbonyl (C=O) groups is 2. The molecule has 0 bridgehead atoms. The van der Waals surface area contributed by atoms with Gasteiger partial charge >= 0.3 is 6.03 Å². The molecule has 1 fully saturated rings. The van der Waals surface area contributed by atoms with E-state index in [0.717, 1.165) is 29.4 Å². The lowest BCUT2D eigenvalue weighted by Gasteiger charge is -2.22. The number of amides is 3. The van der Waals surface area contributed by atoms with E-state index in [1.807, 2.05) is 24.3 Å². The zero-order chi connectivity index (χ0) is 18.9. The molecule has 0 aromatic heterocycles. The average Bonchev–Trinajstić information content (AvgIpc) is 2.84. The molecule has 26 heavy (non-hydrogen) atoms. The van der Waals surface area contributed by atoms with E-state index in [4.69, 9.17) is 0 Å². The number of hydrogen-bond donors (Lipinski definition) is 1. The van der Waals surface area contributed by atoms with E-state index in [0.29, 0.717) is 5.56 Å². The van der Waals surface area contributed by atoms with Crippen LogP contribution in [0.25, 0.3) is 0 Å². The molecule has 0 radical (unpaired) electrons. The van der Waals surface area contributed by atoms with Gasteiger partial charge in [0.05, 0.1) is 6.54 Å². The summed E-state index contributed by atoms with van der Waals surface area (Å²) in [5.74, 6) is -2.55. The molecule has 1 saturated heterocycles. The first kappa shape index (κ1) is 18.0. The van der Waals surface area contributed by atoms with Crippen LogP contribution in [0.3, 0.4) is 0 Å². The number of benzene rings is 2. The number of nitrogens with one attached hydrogen (secondary N) is 1. The Hall–Kier alpha value is -2.76. The molecule has 136 valence electrons. The molecule has 1 aliphatic rings. The largest absolute Gasteiger partial charge is 0.325 e. The van der Waals surface area contributed by atoms with Crippen molar-refractivity contribution in [1.29, 1.82) is 0 Å². The highest BCUT2D eigenvalue weighted by molar-refractivity contribution is 6.07. The Kier molecular flexibility index (Phi) is 4.76. The van der Waals surface area contributed by atoms with E-state index in [2.05, 4.69) is 12.2 Å². The highest BCUT2D eigenvalue weighted by Crippen LogP contribution is 2.30. The van der Waals surface area contributed by atoms with E-state index < -0.39 is 29.1 Å². The van der Waals surface area contributed by atoms with Crippen LogP contribution in [-0.4, -0.2) is 16.8 Å². The maximum atomic E-state index is 13.9. The summed E-state index contributed by atoms with van der Waals surface area (Å²) in [5, 5.41) is 2.67. The molecule has 3 amide bonds. The topological polar surface area (TPSA) is 49.4 Å². The Labute approximate surface area is 150 Å². The van der Waals surface area contributed by atoms with Gasteiger partial charge in [0, 0.05) is 5.56 Å². The van der Waals surface area contributed by atoms with Crippen LogP contribution in [0.15, 0.2) is 42.5 Å². The van der Waals surface area contributed by atoms with Crippen LogP contribution in [-0.2, 0) is 23.3 Å². The number of aryl methyl sites for hydroxylation is 1. The Morgan fingerprint density at radius 2 is 1.77 bits per heavy atom. The van der Waals surface area contributed by atoms with Crippen molar-refractivity contribution >= 4 is 11.9 Å². The molecule has 3 rings (SSSR count). The number of halogens is 2. The van der Waals surface area contributed by atoms with Gasteiger partial charge in [0.15, 0.2) is 11.6 Å². The maximum Gasteiger partial charge on any atom is 0.325 e. The van der Waals surface area contributed by atoms with Crippen molar-refractivity contribution in [2.75, 3.05) is 0 Å². The standard InChI is InChI=1S/C20H20F2N2O2/c1-3-5-13-8-10-15(11-9-13)20(2)18(25)24(19(26)23-20)12-14-6-4-7-16(21)17(14)22/h4,6-11H,3,5,12H2,1-2H3,(H,23,26). The number of carbonyl (C=O) groups excluding carboxylic acids is 2. The SMILES string of the molecule is CCCc1ccc(C2(C)NC(=O)N(Cc3cccc(F)c3F)C2=O)cc1. The van der Waals surface area contributed by atoms with E-state index in [-0.39, 0.29) is 12.1 Å². The third-order valence-corrected chi connectivity index (χ3v) is 4.70. The second kappa shape index (κ2) is 6.86. The first-order chi connectivity index (χ1) is 12.4. The zero-order valence-corrected chi connectivity index (χ0v) is 14.7. The number of hydrogen-bond acceptors (Lipinski definition) is 2. The molecule has 0 spiro atoms. The zero-order valence-electron chi connectivity index (χ0n) is 14.7. The van der Waals surface area contributed by atoms with Crippen molar-refractivity contribution in [3.8, 4) is 0 Å². The van der Waals surface area contributed by atoms with Crippen molar-refractivity contribution in [2.24, 2.45) is 0 Å². The summed E-state index contributed by atoms with van der Waals surface area (Å²) in [6.07, 6.45) is 1.95. The van der Waals surface area contributed by atoms with Gasteiger partial charge in [-0.2, -0.15) is 0 Å². The van der Waals surface area contributed by atoms with Crippen LogP contribution >= 0.6 is 0 Å². The van der Waals surface area contributed by atoms with Gasteiger partial charge in [-0.1, -0.05) is 49.7 Å². The Balaban J connectivity index is 1.86. The van der Waals surface area contributed by atoms with Crippen molar-refractivity contribution in [2.45, 2.75) is 38.8 Å². The molecule has 0 aliphatic carbocycles. The van der Waals surface area contributed by atoms with Crippen molar-refractivity contribution < 1.29 is 18.4 Å². The maximum absolute atomic E-state index is 13.9. The quantitative estimate of drug-likeness (QED) is 0.825. The van der Waals surface area contributed by atoms with Crippen molar-refractivity contribution in [3.05, 3.63) is 70.8 Å². The van der Waals surface area contributed by atoms with Crippen LogP contribution in [0.4, 0.5) is 13.6 Å². The van der Waals surface area contributed by atoms with Gasteiger partial charge < -0.3 is 5.32 Å². The second-order valence-electron chi connectivity index (χ2n) is 6.61. The number of urea groups is 1. The number of rotatable bonds is 5. The summed E-state index contributed by atoms with van der Waals surface area (Å²) in [4.78, 5) is 26.1. The lowest BCUT2D eigenvalue weighted by Crippen LogP contribution is -2.40. The summed E-state index contributed by atoms with van der Waals surface area (Å²) in [5.41, 5.74) is 0.523. The molecule has 1 aliphatic heterocycles. The fourth-order valence-corrected chi connectivity index (χ4v) is 3.17. The van der Waals surface area contributed by atoms with Gasteiger partial charge in [0.2, 0.25) is 0 Å². The molecule has 6 heteroatoms. The molecule has 1 N–H and O–H groups in total. The predicted octanol–water partition coefficient (Wildman–Crippen LogP) is 3.88. The Morgan fingerprint density at radius 1 is 1.08 bits per heavy atom. The summed E-state index contributed by atoms with van der Waals surface area (Å²) < 4.78 is 27.3. The highest BCUT2D eigenvalue weighted by atomic mass is 19.2. The van der Waals surface area contributed by atoms with E-state index in [1.165, 1.54) is 12.1 Å². The van der Waals surface area contributed by atoms with Crippen molar-refractivity contribution in [1.82, 2.24) is 10.2 Å². The smallest absolute Gasteiger partial charge is 0.319 e. The van der Waals surface area contributed by atoms with Crippen LogP contribution in [0.1, 0.15) is 37.0 Å². The van der Waals surface area contributed by atoms with Gasteiger partial charge in [-0.25, -0.2) is 13.6 Å². The summed E-state index contributed by atoms with van der Waals surface area (Å²) >= 11 is 0. The monoisotopic (exact) mass is 358 g/mol. The molecule has 2 aromatic rings. The van der Waals surface area contributed by atoms with Gasteiger partial charge in [0.1, 0.15) is 5.54 Å². The minimum absolute atomic E-state index is 0.0453. The fourth-order valence-electron chi connectivity index (χ4n) is 3.17. The number of imide groups is 1. The van der Waals surface area contributed by atoms with Crippen LogP contribution in [0.2, 0.25) is 0 Å². The highest BCUT2D eigenvalue weighted by Gasteiger charge is 2.49. The molecular weight excluding hydrogens is 338 g/mol. The number of nitrogens with zero attached hydrogens (tertiary/aromatic N) is 1. The third kappa shape index (κ3) is 3.07. The first-order valence-electron chi connectivity index (χ1n) is 8.53. The normalized spacial score (nSPS) is 19.8. The van der Waals surface area contributed by atoms with E-state index in [1.54, 1.807) is 6.92 Å². The van der Waals surface area contributed by atoms with Gasteiger partial charge in [-0.15, -0.1) is 0 Å². The summed E-state index contributed by atoms with van der Waals surface area (Å²) in [7, 11) is 0. The molecule has 1 atom stereocenters. The third-order valence-electron chi connectivity index (χ3n) is 4.70. The van der Waals surface area contributed by atoms with E-state index >= 15 is 0 Å². The Morgan fingerprint density at radius 3 is 2.42 bits per heavy atom. The van der Waals surface area contributed by atoms with Crippen LogP contribution < -0.4 is 5.32 Å². The molecule has 4 nitrogen and oxygen atoms in total. The van der Waals surface area contributed by atoms with Gasteiger partial charge in [-0.05, 0) is 30.5 Å². The van der Waals surface area contributed by atoms with Crippen LogP contribution in [0.5, 0.6) is 0 Å². The molecule has 0 saturated carbocycles.